The molecule has 0 saturated carbocycles. The first-order valence-corrected chi connectivity index (χ1v) is 14.8. The molecule has 0 spiro atoms. The number of anilines is 1. The van der Waals surface area contributed by atoms with Crippen LogP contribution in [0.25, 0.3) is 0 Å². The van der Waals surface area contributed by atoms with E-state index in [9.17, 15) is 5.11 Å². The van der Waals surface area contributed by atoms with Crippen LogP contribution in [-0.4, -0.2) is 63.1 Å². The molecule has 1 N–H and O–H groups in total. The fourth-order valence-corrected chi connectivity index (χ4v) is 6.10. The average molecular weight is 545 g/mol. The lowest BCUT2D eigenvalue weighted by Gasteiger charge is -2.32. The third-order valence-electron chi connectivity index (χ3n) is 8.40. The first kappa shape index (κ1) is 28.3. The highest BCUT2D eigenvalue weighted by Gasteiger charge is 2.25. The summed E-state index contributed by atoms with van der Waals surface area (Å²) in [5.74, 6) is 2.58. The van der Waals surface area contributed by atoms with E-state index in [4.69, 9.17) is 14.2 Å². The fraction of sp³-hybridized carbons (Fsp3) is 0.471. The number of aromatic hydroxyl groups is 1. The van der Waals surface area contributed by atoms with Crippen LogP contribution in [0.5, 0.6) is 17.2 Å². The fourth-order valence-electron chi connectivity index (χ4n) is 6.10. The van der Waals surface area contributed by atoms with Crippen molar-refractivity contribution >= 4 is 5.69 Å². The second-order valence-corrected chi connectivity index (χ2v) is 11.2. The zero-order chi connectivity index (χ0) is 27.9. The van der Waals surface area contributed by atoms with Crippen molar-refractivity contribution in [1.29, 1.82) is 0 Å². The quantitative estimate of drug-likeness (QED) is 0.294. The Balaban J connectivity index is 1.23. The normalized spacial score (nSPS) is 18.5. The van der Waals surface area contributed by atoms with Crippen LogP contribution in [-0.2, 0) is 24.1 Å². The summed E-state index contributed by atoms with van der Waals surface area (Å²) in [7, 11) is 3.87. The number of hydrogen-bond donors (Lipinski definition) is 1. The van der Waals surface area contributed by atoms with Crippen molar-refractivity contribution < 1.29 is 19.3 Å². The second-order valence-electron chi connectivity index (χ2n) is 11.2. The van der Waals surface area contributed by atoms with E-state index < -0.39 is 0 Å². The molecule has 3 aromatic rings. The third-order valence-corrected chi connectivity index (χ3v) is 8.40. The van der Waals surface area contributed by atoms with Crippen molar-refractivity contribution in [2.24, 2.45) is 0 Å². The van der Waals surface area contributed by atoms with E-state index in [0.717, 1.165) is 63.5 Å². The first-order valence-electron chi connectivity index (χ1n) is 14.8. The van der Waals surface area contributed by atoms with Gasteiger partial charge in [-0.05, 0) is 105 Å². The van der Waals surface area contributed by atoms with E-state index in [1.54, 1.807) is 7.11 Å². The van der Waals surface area contributed by atoms with Crippen LogP contribution in [0.4, 0.5) is 5.69 Å². The Labute approximate surface area is 239 Å². The lowest BCUT2D eigenvalue weighted by molar-refractivity contribution is 0.0771. The van der Waals surface area contributed by atoms with Gasteiger partial charge in [0.1, 0.15) is 23.9 Å². The molecule has 0 bridgehead atoms. The molecule has 1 fully saturated rings. The summed E-state index contributed by atoms with van der Waals surface area (Å²) in [6.45, 7) is 7.35. The minimum absolute atomic E-state index is 0.359. The number of phenols is 1. The minimum Gasteiger partial charge on any atom is -0.508 e. The van der Waals surface area contributed by atoms with Crippen molar-refractivity contribution in [1.82, 2.24) is 4.90 Å². The molecule has 2 atom stereocenters. The zero-order valence-electron chi connectivity index (χ0n) is 24.3. The molecule has 6 nitrogen and oxygen atoms in total. The maximum absolute atomic E-state index is 9.91. The Morgan fingerprint density at radius 2 is 1.80 bits per heavy atom. The number of benzene rings is 3. The molecule has 214 valence electrons. The summed E-state index contributed by atoms with van der Waals surface area (Å²) < 4.78 is 17.4. The first-order chi connectivity index (χ1) is 19.5. The molecule has 0 unspecified atom stereocenters. The number of likely N-dealkylation sites (N-methyl/N-ethyl adjacent to an activating group) is 1. The molecule has 6 heteroatoms. The number of aryl methyl sites for hydroxylation is 1. The van der Waals surface area contributed by atoms with Crippen molar-refractivity contribution in [3.63, 3.8) is 0 Å². The second kappa shape index (κ2) is 13.4. The molecule has 2 aliphatic rings. The average Bonchev–Trinajstić information content (AvgIpc) is 3.49. The largest absolute Gasteiger partial charge is 0.508 e. The zero-order valence-corrected chi connectivity index (χ0v) is 24.3. The number of fused-ring (bicyclic) bond motifs is 1. The molecule has 1 aliphatic heterocycles. The number of hydrogen-bond acceptors (Lipinski definition) is 6. The molecule has 1 heterocycles. The summed E-state index contributed by atoms with van der Waals surface area (Å²) in [4.78, 5) is 4.74. The van der Waals surface area contributed by atoms with Gasteiger partial charge in [-0.1, -0.05) is 24.3 Å². The maximum atomic E-state index is 9.91. The van der Waals surface area contributed by atoms with E-state index in [-0.39, 0.29) is 0 Å². The van der Waals surface area contributed by atoms with E-state index >= 15 is 0 Å². The Kier molecular flexibility index (Phi) is 9.50. The molecular formula is C34H44N2O4. The van der Waals surface area contributed by atoms with Crippen LogP contribution in [0.3, 0.4) is 0 Å². The molecule has 0 radical (unpaired) electrons. The van der Waals surface area contributed by atoms with Crippen molar-refractivity contribution in [2.75, 3.05) is 51.9 Å². The molecule has 40 heavy (non-hydrogen) atoms. The Morgan fingerprint density at radius 3 is 2.55 bits per heavy atom. The highest BCUT2D eigenvalue weighted by atomic mass is 16.5. The van der Waals surface area contributed by atoms with Gasteiger partial charge in [0.05, 0.1) is 13.2 Å². The highest BCUT2D eigenvalue weighted by molar-refractivity contribution is 5.60. The lowest BCUT2D eigenvalue weighted by atomic mass is 9.79. The molecule has 0 aromatic heterocycles. The monoisotopic (exact) mass is 544 g/mol. The van der Waals surface area contributed by atoms with E-state index in [1.165, 1.54) is 40.8 Å². The van der Waals surface area contributed by atoms with Crippen LogP contribution < -0.4 is 14.4 Å². The standard InChI is InChI=1S/C34H44N2O4/c1-4-36(23-25-7-13-30(14-8-25)40-19-17-35(2)24-32-6-5-18-39-32)34-22-31(38-3)15-16-33(34)28-10-9-27-21-29(37)12-11-26(27)20-28/h7-8,11-16,21-22,28,32,37H,4-6,9-10,17-20,23-24H2,1-3H3/t28-,32+/m1/s1. The number of ether oxygens (including phenoxy) is 3. The predicted molar refractivity (Wildman–Crippen MR) is 161 cm³/mol. The molecule has 1 saturated heterocycles. The van der Waals surface area contributed by atoms with Gasteiger partial charge in [0.2, 0.25) is 0 Å². The Morgan fingerprint density at radius 1 is 0.975 bits per heavy atom. The van der Waals surface area contributed by atoms with Gasteiger partial charge in [0.25, 0.3) is 0 Å². The molecule has 0 amide bonds. The number of rotatable bonds is 12. The van der Waals surface area contributed by atoms with Gasteiger partial charge >= 0.3 is 0 Å². The summed E-state index contributed by atoms with van der Waals surface area (Å²) in [6.07, 6.45) is 5.76. The molecule has 5 rings (SSSR count). The van der Waals surface area contributed by atoms with E-state index in [1.807, 2.05) is 12.1 Å². The van der Waals surface area contributed by atoms with Crippen LogP contribution in [0.2, 0.25) is 0 Å². The summed E-state index contributed by atoms with van der Waals surface area (Å²) >= 11 is 0. The Bertz CT molecular complexity index is 1240. The third kappa shape index (κ3) is 7.10. The van der Waals surface area contributed by atoms with Gasteiger partial charge in [-0.15, -0.1) is 0 Å². The van der Waals surface area contributed by atoms with Crippen molar-refractivity contribution in [2.45, 2.75) is 57.6 Å². The van der Waals surface area contributed by atoms with Gasteiger partial charge in [0.15, 0.2) is 0 Å². The molecular weight excluding hydrogens is 500 g/mol. The topological polar surface area (TPSA) is 54.4 Å². The van der Waals surface area contributed by atoms with Gasteiger partial charge in [-0.25, -0.2) is 0 Å². The van der Waals surface area contributed by atoms with Crippen LogP contribution >= 0.6 is 0 Å². The van der Waals surface area contributed by atoms with Gasteiger partial charge in [0, 0.05) is 44.5 Å². The van der Waals surface area contributed by atoms with Crippen molar-refractivity contribution in [3.8, 4) is 17.2 Å². The molecule has 3 aromatic carbocycles. The predicted octanol–water partition coefficient (Wildman–Crippen LogP) is 6.19. The number of nitrogens with zero attached hydrogens (tertiary/aromatic N) is 2. The summed E-state index contributed by atoms with van der Waals surface area (Å²) in [5, 5.41) is 9.91. The lowest BCUT2D eigenvalue weighted by Crippen LogP contribution is -2.32. The minimum atomic E-state index is 0.359. The number of phenolic OH excluding ortho intramolecular Hbond substituents is 1. The SMILES string of the molecule is CCN(Cc1ccc(OCCN(C)C[C@@H]2CCCO2)cc1)c1cc(OC)ccc1[C@@H]1CCc2cc(O)ccc2C1. The van der Waals surface area contributed by atoms with Crippen LogP contribution in [0.15, 0.2) is 60.7 Å². The van der Waals surface area contributed by atoms with Crippen molar-refractivity contribution in [3.05, 3.63) is 82.9 Å². The van der Waals surface area contributed by atoms with Gasteiger partial charge in [-0.3, -0.25) is 0 Å². The highest BCUT2D eigenvalue weighted by Crippen LogP contribution is 2.40. The summed E-state index contributed by atoms with van der Waals surface area (Å²) in [6, 6.07) is 20.9. The van der Waals surface area contributed by atoms with Gasteiger partial charge < -0.3 is 29.1 Å². The van der Waals surface area contributed by atoms with E-state index in [0.29, 0.717) is 24.4 Å². The van der Waals surface area contributed by atoms with Gasteiger partial charge in [-0.2, -0.15) is 0 Å². The van der Waals surface area contributed by atoms with Crippen LogP contribution in [0, 0.1) is 0 Å². The maximum Gasteiger partial charge on any atom is 0.120 e. The Hall–Kier alpha value is -3.22. The molecule has 1 aliphatic carbocycles. The van der Waals surface area contributed by atoms with Crippen LogP contribution in [0.1, 0.15) is 54.4 Å². The summed E-state index contributed by atoms with van der Waals surface area (Å²) in [5.41, 5.74) is 6.48. The smallest absolute Gasteiger partial charge is 0.120 e. The van der Waals surface area contributed by atoms with E-state index in [2.05, 4.69) is 72.3 Å². The number of methoxy groups -OCH3 is 1.